The Balaban J connectivity index is 1.64. The van der Waals surface area contributed by atoms with E-state index < -0.39 is 18.0 Å². The lowest BCUT2D eigenvalue weighted by Crippen LogP contribution is -2.33. The van der Waals surface area contributed by atoms with Crippen molar-refractivity contribution in [3.63, 3.8) is 0 Å². The fourth-order valence-corrected chi connectivity index (χ4v) is 3.47. The number of aliphatic hydroxyl groups excluding tert-OH is 2. The molecule has 2 heterocycles. The number of hydrogen-bond acceptors (Lipinski definition) is 8. The Morgan fingerprint density at radius 3 is 2.66 bits per heavy atom. The number of β-amino-alcohol motifs (C(OH)–C–C–N with tert-alkyl or cyclic N) is 1. The minimum atomic E-state index is -0.885. The molecule has 2 aliphatic rings. The van der Waals surface area contributed by atoms with Crippen LogP contribution in [0.4, 0.5) is 15.9 Å². The standard InChI is InChI=1S/C20H24FN5O3/c1-10-19(28)15(27)8-26(10)17-7-14(24-9-25-17)18(23)11-5-16(12(21)6-13(11)22)29-20(2)3-4-20/h5-7,9-10,15,19,23,27-28H,3-4,8,22H2,1-2H3. The predicted molar refractivity (Wildman–Crippen MR) is 106 cm³/mol. The summed E-state index contributed by atoms with van der Waals surface area (Å²) in [5.41, 5.74) is 6.32. The highest BCUT2D eigenvalue weighted by molar-refractivity contribution is 6.13. The van der Waals surface area contributed by atoms with Gasteiger partial charge in [0.05, 0.1) is 23.6 Å². The smallest absolute Gasteiger partial charge is 0.167 e. The first-order valence-electron chi connectivity index (χ1n) is 9.51. The van der Waals surface area contributed by atoms with E-state index in [4.69, 9.17) is 15.9 Å². The van der Waals surface area contributed by atoms with Gasteiger partial charge in [-0.3, -0.25) is 5.41 Å². The quantitative estimate of drug-likeness (QED) is 0.441. The molecular formula is C20H24FN5O3. The summed E-state index contributed by atoms with van der Waals surface area (Å²) >= 11 is 0. The van der Waals surface area contributed by atoms with E-state index in [0.29, 0.717) is 17.1 Å². The van der Waals surface area contributed by atoms with E-state index >= 15 is 0 Å². The number of halogens is 1. The van der Waals surface area contributed by atoms with Crippen molar-refractivity contribution in [1.82, 2.24) is 9.97 Å². The highest BCUT2D eigenvalue weighted by Crippen LogP contribution is 2.41. The molecule has 154 valence electrons. The van der Waals surface area contributed by atoms with Crippen molar-refractivity contribution in [2.24, 2.45) is 0 Å². The van der Waals surface area contributed by atoms with Gasteiger partial charge in [0, 0.05) is 29.9 Å². The van der Waals surface area contributed by atoms with Crippen molar-refractivity contribution in [2.75, 3.05) is 17.2 Å². The largest absolute Gasteiger partial charge is 0.484 e. The Morgan fingerprint density at radius 2 is 2.03 bits per heavy atom. The molecule has 1 saturated heterocycles. The molecule has 1 saturated carbocycles. The lowest BCUT2D eigenvalue weighted by Gasteiger charge is -2.23. The van der Waals surface area contributed by atoms with Crippen molar-refractivity contribution in [1.29, 1.82) is 5.41 Å². The van der Waals surface area contributed by atoms with Crippen LogP contribution in [0.1, 0.15) is 37.9 Å². The zero-order valence-electron chi connectivity index (χ0n) is 16.3. The second kappa shape index (κ2) is 6.93. The molecule has 8 nitrogen and oxygen atoms in total. The van der Waals surface area contributed by atoms with Crippen LogP contribution in [0.2, 0.25) is 0 Å². The third-order valence-corrected chi connectivity index (χ3v) is 5.65. The minimum absolute atomic E-state index is 0.00453. The van der Waals surface area contributed by atoms with Crippen molar-refractivity contribution in [3.05, 3.63) is 41.6 Å². The number of aliphatic hydroxyl groups is 2. The SMILES string of the molecule is CC1C(O)C(O)CN1c1cc(C(=N)c2cc(OC3(C)CC3)c(F)cc2N)ncn1. The van der Waals surface area contributed by atoms with Crippen LogP contribution < -0.4 is 15.4 Å². The maximum Gasteiger partial charge on any atom is 0.167 e. The number of ether oxygens (including phenoxy) is 1. The van der Waals surface area contributed by atoms with E-state index in [1.54, 1.807) is 17.9 Å². The van der Waals surface area contributed by atoms with Gasteiger partial charge in [0.2, 0.25) is 0 Å². The molecule has 3 atom stereocenters. The monoisotopic (exact) mass is 401 g/mol. The van der Waals surface area contributed by atoms with E-state index in [9.17, 15) is 14.6 Å². The van der Waals surface area contributed by atoms with Crippen LogP contribution in [0, 0.1) is 11.2 Å². The molecule has 1 aromatic heterocycles. The predicted octanol–water partition coefficient (Wildman–Crippen LogP) is 1.48. The van der Waals surface area contributed by atoms with Gasteiger partial charge < -0.3 is 25.6 Å². The highest BCUT2D eigenvalue weighted by Gasteiger charge is 2.41. The van der Waals surface area contributed by atoms with Crippen LogP contribution in [0.5, 0.6) is 5.75 Å². The summed E-state index contributed by atoms with van der Waals surface area (Å²) in [4.78, 5) is 10.1. The third-order valence-electron chi connectivity index (χ3n) is 5.65. The van der Waals surface area contributed by atoms with Crippen LogP contribution in [0.15, 0.2) is 24.5 Å². The van der Waals surface area contributed by atoms with Gasteiger partial charge in [-0.1, -0.05) is 0 Å². The van der Waals surface area contributed by atoms with E-state index in [2.05, 4.69) is 9.97 Å². The normalized spacial score (nSPS) is 25.1. The van der Waals surface area contributed by atoms with Gasteiger partial charge in [0.25, 0.3) is 0 Å². The number of benzene rings is 1. The Kier molecular flexibility index (Phi) is 4.66. The molecule has 1 aliphatic carbocycles. The summed E-state index contributed by atoms with van der Waals surface area (Å²) in [6.07, 6.45) is 1.25. The van der Waals surface area contributed by atoms with Crippen LogP contribution >= 0.6 is 0 Å². The van der Waals surface area contributed by atoms with E-state index in [1.807, 2.05) is 6.92 Å². The second-order valence-corrected chi connectivity index (χ2v) is 8.01. The number of nitrogens with zero attached hydrogens (tertiary/aromatic N) is 3. The Hall–Kier alpha value is -2.78. The molecule has 4 rings (SSSR count). The molecule has 1 aliphatic heterocycles. The van der Waals surface area contributed by atoms with Crippen molar-refractivity contribution in [3.8, 4) is 5.75 Å². The summed E-state index contributed by atoms with van der Waals surface area (Å²) in [5.74, 6) is -0.0254. The molecule has 5 N–H and O–H groups in total. The van der Waals surface area contributed by atoms with Crippen molar-refractivity contribution < 1.29 is 19.3 Å². The van der Waals surface area contributed by atoms with Crippen LogP contribution in [-0.4, -0.2) is 56.3 Å². The molecule has 1 aromatic carbocycles. The van der Waals surface area contributed by atoms with Crippen LogP contribution in [-0.2, 0) is 0 Å². The molecule has 0 bridgehead atoms. The molecular weight excluding hydrogens is 377 g/mol. The molecule has 3 unspecified atom stereocenters. The Labute approximate surface area is 167 Å². The van der Waals surface area contributed by atoms with Gasteiger partial charge >= 0.3 is 0 Å². The van der Waals surface area contributed by atoms with E-state index in [-0.39, 0.29) is 35.3 Å². The van der Waals surface area contributed by atoms with Gasteiger partial charge in [0.1, 0.15) is 23.9 Å². The van der Waals surface area contributed by atoms with E-state index in [0.717, 1.165) is 18.9 Å². The number of aromatic nitrogens is 2. The lowest BCUT2D eigenvalue weighted by atomic mass is 10.0. The lowest BCUT2D eigenvalue weighted by molar-refractivity contribution is 0.0438. The number of nitrogens with two attached hydrogens (primary N) is 1. The van der Waals surface area contributed by atoms with Crippen molar-refractivity contribution >= 4 is 17.2 Å². The first-order chi connectivity index (χ1) is 13.7. The van der Waals surface area contributed by atoms with Gasteiger partial charge in [-0.05, 0) is 32.8 Å². The van der Waals surface area contributed by atoms with Gasteiger partial charge in [-0.2, -0.15) is 0 Å². The molecule has 9 heteroatoms. The number of hydrogen-bond donors (Lipinski definition) is 4. The second-order valence-electron chi connectivity index (χ2n) is 8.01. The molecule has 0 spiro atoms. The molecule has 0 amide bonds. The van der Waals surface area contributed by atoms with Crippen LogP contribution in [0.25, 0.3) is 0 Å². The summed E-state index contributed by atoms with van der Waals surface area (Å²) in [7, 11) is 0. The average Bonchev–Trinajstić information content (AvgIpc) is 3.37. The fraction of sp³-hybridized carbons (Fsp3) is 0.450. The number of nitrogens with one attached hydrogen (secondary N) is 1. The number of rotatable bonds is 5. The Bertz CT molecular complexity index is 965. The summed E-state index contributed by atoms with van der Waals surface area (Å²) in [5, 5.41) is 28.5. The molecule has 2 fully saturated rings. The topological polar surface area (TPSA) is 129 Å². The zero-order chi connectivity index (χ0) is 20.9. The highest BCUT2D eigenvalue weighted by atomic mass is 19.1. The summed E-state index contributed by atoms with van der Waals surface area (Å²) in [6, 6.07) is 3.85. The first-order valence-corrected chi connectivity index (χ1v) is 9.51. The number of nitrogen functional groups attached to an aromatic ring is 1. The summed E-state index contributed by atoms with van der Waals surface area (Å²) < 4.78 is 20.0. The van der Waals surface area contributed by atoms with Gasteiger partial charge in [0.15, 0.2) is 11.6 Å². The Morgan fingerprint density at radius 1 is 1.31 bits per heavy atom. The maximum absolute atomic E-state index is 14.3. The zero-order valence-corrected chi connectivity index (χ0v) is 16.3. The fourth-order valence-electron chi connectivity index (χ4n) is 3.47. The number of anilines is 2. The average molecular weight is 401 g/mol. The third kappa shape index (κ3) is 3.63. The first kappa shape index (κ1) is 19.5. The summed E-state index contributed by atoms with van der Waals surface area (Å²) in [6.45, 7) is 3.92. The maximum atomic E-state index is 14.3. The van der Waals surface area contributed by atoms with Crippen molar-refractivity contribution in [2.45, 2.75) is 50.5 Å². The molecule has 29 heavy (non-hydrogen) atoms. The molecule has 2 aromatic rings. The minimum Gasteiger partial charge on any atom is -0.484 e. The molecule has 0 radical (unpaired) electrons. The van der Waals surface area contributed by atoms with Gasteiger partial charge in [-0.15, -0.1) is 0 Å². The van der Waals surface area contributed by atoms with Gasteiger partial charge in [-0.25, -0.2) is 14.4 Å². The van der Waals surface area contributed by atoms with Crippen LogP contribution in [0.3, 0.4) is 0 Å². The van der Waals surface area contributed by atoms with E-state index in [1.165, 1.54) is 12.4 Å².